The van der Waals surface area contributed by atoms with E-state index in [1.54, 1.807) is 19.9 Å². The van der Waals surface area contributed by atoms with Crippen molar-refractivity contribution in [1.29, 1.82) is 0 Å². The van der Waals surface area contributed by atoms with Crippen LogP contribution in [-0.2, 0) is 0 Å². The second-order valence-electron chi connectivity index (χ2n) is 4.50. The van der Waals surface area contributed by atoms with Crippen molar-refractivity contribution in [2.75, 3.05) is 13.2 Å². The summed E-state index contributed by atoms with van der Waals surface area (Å²) in [5, 5.41) is 32.1. The Bertz CT molecular complexity index is 749. The molecule has 1 N–H and O–H groups in total. The highest BCUT2D eigenvalue weighted by Gasteiger charge is 2.16. The number of benzene rings is 1. The molecule has 2 aromatic rings. The van der Waals surface area contributed by atoms with Crippen LogP contribution in [0.3, 0.4) is 0 Å². The molecule has 1 aromatic carbocycles. The fraction of sp³-hybridized carbons (Fsp3) is 0.308. The molecule has 0 aliphatic heterocycles. The molecule has 0 radical (unpaired) electrons. The zero-order chi connectivity index (χ0) is 14.9. The first kappa shape index (κ1) is 14.0. The zero-order valence-corrected chi connectivity index (χ0v) is 11.2. The maximum absolute atomic E-state index is 12.1. The zero-order valence-electron chi connectivity index (χ0n) is 11.2. The van der Waals surface area contributed by atoms with Gasteiger partial charge in [-0.1, -0.05) is 0 Å². The third-order valence-electron chi connectivity index (χ3n) is 3.18. The highest BCUT2D eigenvalue weighted by molar-refractivity contribution is 5.84. The van der Waals surface area contributed by atoms with Crippen LogP contribution in [0, 0.1) is 29.2 Å². The average molecular weight is 277 g/mol. The highest BCUT2D eigenvalue weighted by Crippen LogP contribution is 2.14. The van der Waals surface area contributed by atoms with E-state index < -0.39 is 0 Å². The molecule has 0 atom stereocenters. The number of hydrogen-bond donors (Lipinski definition) is 1. The van der Waals surface area contributed by atoms with Gasteiger partial charge in [0, 0.05) is 23.5 Å². The largest absolute Gasteiger partial charge is 0.805 e. The summed E-state index contributed by atoms with van der Waals surface area (Å²) >= 11 is 0. The van der Waals surface area contributed by atoms with Gasteiger partial charge in [0.25, 0.3) is 11.2 Å². The second kappa shape index (κ2) is 5.30. The van der Waals surface area contributed by atoms with Crippen LogP contribution < -0.4 is 4.43 Å². The van der Waals surface area contributed by atoms with Gasteiger partial charge in [-0.2, -0.15) is 0 Å². The second-order valence-corrected chi connectivity index (χ2v) is 4.50. The first-order valence-electron chi connectivity index (χ1n) is 6.11. The van der Waals surface area contributed by atoms with Gasteiger partial charge in [0.15, 0.2) is 12.8 Å². The van der Waals surface area contributed by atoms with Crippen LogP contribution in [0.4, 0.5) is 0 Å². The summed E-state index contributed by atoms with van der Waals surface area (Å²) in [4.78, 5) is 12.0. The molecule has 0 fully saturated rings. The predicted octanol–water partition coefficient (Wildman–Crippen LogP) is 0.440. The van der Waals surface area contributed by atoms with Crippen molar-refractivity contribution in [1.82, 2.24) is 4.73 Å². The van der Waals surface area contributed by atoms with Gasteiger partial charge in [-0.15, -0.1) is 0 Å². The molecule has 106 valence electrons. The van der Waals surface area contributed by atoms with Crippen LogP contribution in [0.5, 0.6) is 0 Å². The summed E-state index contributed by atoms with van der Waals surface area (Å²) < 4.78 is 1.95. The van der Waals surface area contributed by atoms with Gasteiger partial charge in [-0.05, 0) is 19.1 Å². The van der Waals surface area contributed by atoms with E-state index in [-0.39, 0.29) is 24.2 Å². The molecule has 0 aliphatic rings. The Hall–Kier alpha value is -2.41. The molecule has 2 rings (SSSR count). The minimum Gasteiger partial charge on any atom is -0.805 e. The molecule has 0 bridgehead atoms. The van der Waals surface area contributed by atoms with E-state index in [2.05, 4.69) is 0 Å². The minimum absolute atomic E-state index is 0.0517. The lowest BCUT2D eigenvalue weighted by molar-refractivity contribution is -0.473. The topological polar surface area (TPSA) is 97.3 Å². The quantitative estimate of drug-likeness (QED) is 0.381. The number of nitrogens with zero attached hydrogens (tertiary/aromatic N) is 3. The monoisotopic (exact) mass is 277 g/mol. The molecule has 0 unspecified atom stereocenters. The van der Waals surface area contributed by atoms with Crippen molar-refractivity contribution in [3.05, 3.63) is 50.5 Å². The molecular formula is C13H15N3O4. The molecule has 1 heterocycles. The van der Waals surface area contributed by atoms with E-state index in [9.17, 15) is 15.3 Å². The van der Waals surface area contributed by atoms with Crippen molar-refractivity contribution in [2.45, 2.75) is 13.8 Å². The van der Waals surface area contributed by atoms with Crippen LogP contribution in [-0.4, -0.2) is 33.9 Å². The minimum atomic E-state index is -0.256. The van der Waals surface area contributed by atoms with E-state index >= 15 is 0 Å². The van der Waals surface area contributed by atoms with Crippen LogP contribution in [0.2, 0.25) is 0 Å². The molecule has 0 saturated carbocycles. The molecule has 0 saturated heterocycles. The van der Waals surface area contributed by atoms with Crippen LogP contribution in [0.25, 0.3) is 11.0 Å². The Labute approximate surface area is 114 Å². The van der Waals surface area contributed by atoms with Crippen molar-refractivity contribution >= 4 is 17.2 Å². The van der Waals surface area contributed by atoms with Crippen LogP contribution in [0.1, 0.15) is 17.0 Å². The number of hydroxylamine groups is 1. The predicted molar refractivity (Wildman–Crippen MR) is 74.3 cm³/mol. The van der Waals surface area contributed by atoms with Crippen molar-refractivity contribution < 1.29 is 14.3 Å². The molecular weight excluding hydrogens is 262 g/mol. The van der Waals surface area contributed by atoms with Gasteiger partial charge in [-0.3, -0.25) is 0 Å². The lowest BCUT2D eigenvalue weighted by atomic mass is 10.2. The lowest BCUT2D eigenvalue weighted by Gasteiger charge is -2.15. The third kappa shape index (κ3) is 2.35. The maximum atomic E-state index is 12.1. The SMILES string of the molecule is Cc1c(C)[n+](=O)c2ccc(/C=[N+](\[O-])CCO)cc2n1[O-]. The van der Waals surface area contributed by atoms with E-state index in [0.29, 0.717) is 30.8 Å². The molecule has 0 spiro atoms. The maximum Gasteiger partial charge on any atom is 0.286 e. The lowest BCUT2D eigenvalue weighted by Crippen LogP contribution is -2.24. The van der Waals surface area contributed by atoms with Crippen molar-refractivity contribution in [3.8, 4) is 0 Å². The summed E-state index contributed by atoms with van der Waals surface area (Å²) in [5.74, 6) is 0. The Morgan fingerprint density at radius 2 is 2.15 bits per heavy atom. The Morgan fingerprint density at radius 1 is 1.45 bits per heavy atom. The fourth-order valence-corrected chi connectivity index (χ4v) is 1.94. The van der Waals surface area contributed by atoms with E-state index in [4.69, 9.17) is 5.11 Å². The van der Waals surface area contributed by atoms with Crippen molar-refractivity contribution in [3.63, 3.8) is 0 Å². The Morgan fingerprint density at radius 3 is 2.80 bits per heavy atom. The molecule has 0 aliphatic carbocycles. The summed E-state index contributed by atoms with van der Waals surface area (Å²) in [7, 11) is 0. The molecule has 7 heteroatoms. The summed E-state index contributed by atoms with van der Waals surface area (Å²) in [6.45, 7) is 2.84. The Kier molecular flexibility index (Phi) is 3.71. The summed E-state index contributed by atoms with van der Waals surface area (Å²) in [5.41, 5.74) is 1.61. The van der Waals surface area contributed by atoms with Gasteiger partial charge < -0.3 is 20.3 Å². The third-order valence-corrected chi connectivity index (χ3v) is 3.18. The number of fused-ring (bicyclic) bond motifs is 1. The highest BCUT2D eigenvalue weighted by atomic mass is 16.5. The molecule has 7 nitrogen and oxygen atoms in total. The summed E-state index contributed by atoms with van der Waals surface area (Å²) in [6.07, 6.45) is 1.26. The standard InChI is InChI=1S/C13H15N3O4/c1-9-10(2)16(20)13-7-11(8-14(18)5-6-17)3-4-12(13)15(9)19/h3-4,7-8,17H,5-6H2,1-2H3/b14-8-. The number of aromatic nitrogens is 2. The van der Waals surface area contributed by atoms with Crippen LogP contribution in [0.15, 0.2) is 18.2 Å². The number of rotatable bonds is 3. The summed E-state index contributed by atoms with van der Waals surface area (Å²) in [6, 6.07) is 4.56. The first-order chi connectivity index (χ1) is 9.45. The number of aliphatic hydroxyl groups is 1. The van der Waals surface area contributed by atoms with Gasteiger partial charge >= 0.3 is 0 Å². The van der Waals surface area contributed by atoms with Crippen LogP contribution >= 0.6 is 0 Å². The fourth-order valence-electron chi connectivity index (χ4n) is 1.94. The van der Waals surface area contributed by atoms with E-state index in [1.165, 1.54) is 18.3 Å². The number of aliphatic hydroxyl groups excluding tert-OH is 1. The molecule has 0 amide bonds. The van der Waals surface area contributed by atoms with Gasteiger partial charge in [-0.25, -0.2) is 4.74 Å². The van der Waals surface area contributed by atoms with E-state index in [0.717, 1.165) is 0 Å². The molecule has 20 heavy (non-hydrogen) atoms. The number of hydrogen-bond acceptors (Lipinski definition) is 4. The normalized spacial score (nSPS) is 12.1. The average Bonchev–Trinajstić information content (AvgIpc) is 2.43. The van der Waals surface area contributed by atoms with E-state index in [1.807, 2.05) is 0 Å². The van der Waals surface area contributed by atoms with Gasteiger partial charge in [0.05, 0.1) is 10.1 Å². The first-order valence-corrected chi connectivity index (χ1v) is 6.11. The van der Waals surface area contributed by atoms with Gasteiger partial charge in [0.2, 0.25) is 0 Å². The van der Waals surface area contributed by atoms with Gasteiger partial charge in [0.1, 0.15) is 12.1 Å². The van der Waals surface area contributed by atoms with Crippen molar-refractivity contribution in [2.24, 2.45) is 0 Å². The Balaban J connectivity index is 2.66. The smallest absolute Gasteiger partial charge is 0.286 e. The molecule has 1 aromatic heterocycles.